The molecule has 0 bridgehead atoms. The Morgan fingerprint density at radius 3 is 2.80 bits per heavy atom. The van der Waals surface area contributed by atoms with Crippen LogP contribution in [0.3, 0.4) is 0 Å². The van der Waals surface area contributed by atoms with Gasteiger partial charge in [-0.05, 0) is 29.8 Å². The van der Waals surface area contributed by atoms with E-state index in [9.17, 15) is 8.78 Å². The zero-order valence-electron chi connectivity index (χ0n) is 12.9. The van der Waals surface area contributed by atoms with Crippen molar-refractivity contribution in [3.63, 3.8) is 0 Å². The number of thiazole rings is 1. The molecular weight excluding hydrogens is 380 g/mol. The topological polar surface area (TPSA) is 37.6 Å². The number of hydrogen-bond acceptors (Lipinski definition) is 5. The number of thiol groups is 1. The molecule has 1 aliphatic rings. The number of aromatic nitrogens is 1. The highest BCUT2D eigenvalue weighted by Gasteiger charge is 2.17. The van der Waals surface area contributed by atoms with Gasteiger partial charge in [-0.3, -0.25) is 0 Å². The lowest BCUT2D eigenvalue weighted by Crippen LogP contribution is -2.03. The largest absolute Gasteiger partial charge is 0.230 e. The van der Waals surface area contributed by atoms with E-state index in [-0.39, 0.29) is 0 Å². The quantitative estimate of drug-likeness (QED) is 0.476. The van der Waals surface area contributed by atoms with Gasteiger partial charge in [-0.2, -0.15) is 16.0 Å². The molecule has 0 radical (unpaired) electrons. The average molecular weight is 394 g/mol. The molecule has 3 aromatic rings. The van der Waals surface area contributed by atoms with Gasteiger partial charge < -0.3 is 0 Å². The van der Waals surface area contributed by atoms with E-state index in [0.717, 1.165) is 20.5 Å². The van der Waals surface area contributed by atoms with Crippen LogP contribution in [0.4, 0.5) is 8.78 Å². The number of nitrogens with zero attached hydrogens (tertiary/aromatic N) is 3. The summed E-state index contributed by atoms with van der Waals surface area (Å²) in [6, 6.07) is 12.1. The molecule has 1 unspecified atom stereocenters. The fourth-order valence-electron chi connectivity index (χ4n) is 2.40. The third kappa shape index (κ3) is 3.75. The van der Waals surface area contributed by atoms with Crippen LogP contribution in [0.5, 0.6) is 0 Å². The van der Waals surface area contributed by atoms with Crippen molar-refractivity contribution in [2.24, 2.45) is 10.2 Å². The first-order valence-electron chi connectivity index (χ1n) is 7.48. The third-order valence-electron chi connectivity index (χ3n) is 3.63. The van der Waals surface area contributed by atoms with E-state index in [0.29, 0.717) is 11.5 Å². The molecule has 8 heteroatoms. The molecule has 2 aromatic carbocycles. The highest BCUT2D eigenvalue weighted by atomic mass is 32.2. The van der Waals surface area contributed by atoms with Gasteiger partial charge in [0, 0.05) is 11.5 Å². The Bertz CT molecular complexity index is 951. The molecule has 0 N–H and O–H groups in total. The van der Waals surface area contributed by atoms with Gasteiger partial charge in [0.2, 0.25) is 0 Å². The summed E-state index contributed by atoms with van der Waals surface area (Å²) >= 11 is 3.30. The number of hydrogen-bond donors (Lipinski definition) is 1. The maximum atomic E-state index is 13.4. The van der Waals surface area contributed by atoms with Gasteiger partial charge in [-0.15, -0.1) is 16.4 Å². The number of halogens is 2. The lowest BCUT2D eigenvalue weighted by molar-refractivity contribution is 0.507. The Labute approximate surface area is 154 Å². The second kappa shape index (κ2) is 7.23. The molecule has 2 heterocycles. The van der Waals surface area contributed by atoms with Crippen molar-refractivity contribution in [1.82, 2.24) is 4.98 Å². The van der Waals surface area contributed by atoms with Crippen LogP contribution in [0.1, 0.15) is 5.56 Å². The van der Waals surface area contributed by atoms with Gasteiger partial charge in [-0.1, -0.05) is 30.0 Å². The summed E-state index contributed by atoms with van der Waals surface area (Å²) < 4.78 is 28.6. The fraction of sp³-hybridized carbons (Fsp3) is 0.118. The Hall–Kier alpha value is -1.77. The van der Waals surface area contributed by atoms with Crippen LogP contribution in [-0.4, -0.2) is 21.3 Å². The molecule has 128 valence electrons. The molecule has 0 fully saturated rings. The number of benzene rings is 2. The van der Waals surface area contributed by atoms with Gasteiger partial charge in [0.05, 0.1) is 20.8 Å². The first-order valence-corrected chi connectivity index (χ1v) is 10.9. The van der Waals surface area contributed by atoms with Crippen LogP contribution in [0.2, 0.25) is 0 Å². The normalized spacial score (nSPS) is 18.0. The van der Waals surface area contributed by atoms with E-state index in [2.05, 4.69) is 21.3 Å². The average Bonchev–Trinajstić information content (AvgIpc) is 3.22. The summed E-state index contributed by atoms with van der Waals surface area (Å²) in [5, 5.41) is 9.25. The van der Waals surface area contributed by atoms with Crippen molar-refractivity contribution in [2.45, 2.75) is 10.1 Å². The molecule has 1 aromatic heterocycles. The first-order chi connectivity index (χ1) is 12.2. The Morgan fingerprint density at radius 2 is 1.96 bits per heavy atom. The fourth-order valence-corrected chi connectivity index (χ4v) is 6.44. The van der Waals surface area contributed by atoms with Crippen molar-refractivity contribution in [3.05, 3.63) is 59.7 Å². The number of para-hydroxylation sites is 1. The Balaban J connectivity index is 1.42. The van der Waals surface area contributed by atoms with Crippen molar-refractivity contribution in [3.8, 4) is 0 Å². The first kappa shape index (κ1) is 16.7. The van der Waals surface area contributed by atoms with Gasteiger partial charge >= 0.3 is 0 Å². The van der Waals surface area contributed by atoms with E-state index in [1.807, 2.05) is 23.7 Å². The standard InChI is InChI=1S/C17H13F2N3S3/c18-12-6-5-11(7-13(12)19)9-25-10-20-22-16(25)8-23-17-21-14-3-1-2-4-15(14)24-17/h1-7,10,25H,8-9H2. The van der Waals surface area contributed by atoms with Crippen molar-refractivity contribution in [1.29, 1.82) is 0 Å². The molecule has 1 atom stereocenters. The maximum Gasteiger partial charge on any atom is 0.159 e. The minimum Gasteiger partial charge on any atom is -0.230 e. The zero-order chi connectivity index (χ0) is 17.2. The summed E-state index contributed by atoms with van der Waals surface area (Å²) in [5.74, 6) is -0.312. The second-order valence-electron chi connectivity index (χ2n) is 5.36. The summed E-state index contributed by atoms with van der Waals surface area (Å²) in [6.45, 7) is 0. The van der Waals surface area contributed by atoms with E-state index >= 15 is 0 Å². The number of fused-ring (bicyclic) bond motifs is 1. The number of rotatable bonds is 5. The molecule has 4 rings (SSSR count). The van der Waals surface area contributed by atoms with E-state index in [1.165, 1.54) is 16.8 Å². The van der Waals surface area contributed by atoms with Gasteiger partial charge in [0.15, 0.2) is 16.0 Å². The van der Waals surface area contributed by atoms with Crippen LogP contribution in [0.15, 0.2) is 57.0 Å². The van der Waals surface area contributed by atoms with Gasteiger partial charge in [0.25, 0.3) is 0 Å². The molecule has 0 saturated heterocycles. The second-order valence-corrected chi connectivity index (χ2v) is 9.62. The third-order valence-corrected chi connectivity index (χ3v) is 8.03. The molecule has 3 nitrogen and oxygen atoms in total. The highest BCUT2D eigenvalue weighted by Crippen LogP contribution is 2.37. The van der Waals surface area contributed by atoms with Crippen LogP contribution >= 0.6 is 34.0 Å². The molecule has 0 amide bonds. The van der Waals surface area contributed by atoms with Crippen LogP contribution in [-0.2, 0) is 5.75 Å². The van der Waals surface area contributed by atoms with Crippen LogP contribution < -0.4 is 0 Å². The van der Waals surface area contributed by atoms with E-state index < -0.39 is 22.5 Å². The summed E-state index contributed by atoms with van der Waals surface area (Å²) in [5.41, 5.74) is 3.59. The molecule has 0 aliphatic carbocycles. The minimum absolute atomic E-state index is 0.620. The Kier molecular flexibility index (Phi) is 4.82. The minimum atomic E-state index is -0.822. The van der Waals surface area contributed by atoms with E-state index in [4.69, 9.17) is 0 Å². The predicted octanol–water partition coefficient (Wildman–Crippen LogP) is 5.22. The maximum absolute atomic E-state index is 13.4. The monoisotopic (exact) mass is 393 g/mol. The molecule has 25 heavy (non-hydrogen) atoms. The van der Waals surface area contributed by atoms with Crippen LogP contribution in [0.25, 0.3) is 10.2 Å². The molecule has 1 aliphatic heterocycles. The van der Waals surface area contributed by atoms with Gasteiger partial charge in [-0.25, -0.2) is 13.8 Å². The molecular formula is C17H13F2N3S3. The molecule has 0 spiro atoms. The van der Waals surface area contributed by atoms with Crippen molar-refractivity contribution < 1.29 is 8.78 Å². The smallest absolute Gasteiger partial charge is 0.159 e. The van der Waals surface area contributed by atoms with Crippen molar-refractivity contribution >= 4 is 54.8 Å². The number of thioether (sulfide) groups is 1. The van der Waals surface area contributed by atoms with Crippen molar-refractivity contribution in [2.75, 3.05) is 5.75 Å². The lowest BCUT2D eigenvalue weighted by Gasteiger charge is -2.14. The van der Waals surface area contributed by atoms with Crippen LogP contribution in [0, 0.1) is 11.6 Å². The summed E-state index contributed by atoms with van der Waals surface area (Å²) in [4.78, 5) is 4.61. The SMILES string of the molecule is Fc1ccc(C[SH]2C=NN=C2CSc2nc3ccccc3s2)cc1F. The molecule has 0 saturated carbocycles. The lowest BCUT2D eigenvalue weighted by atomic mass is 10.2. The predicted molar refractivity (Wildman–Crippen MR) is 105 cm³/mol. The van der Waals surface area contributed by atoms with E-state index in [1.54, 1.807) is 29.2 Å². The summed E-state index contributed by atoms with van der Waals surface area (Å²) in [6.07, 6.45) is 0. The van der Waals surface area contributed by atoms with Gasteiger partial charge in [0.1, 0.15) is 0 Å². The Morgan fingerprint density at radius 1 is 1.08 bits per heavy atom. The highest BCUT2D eigenvalue weighted by molar-refractivity contribution is 8.40. The summed E-state index contributed by atoms with van der Waals surface area (Å²) in [7, 11) is -0.702. The zero-order valence-corrected chi connectivity index (χ0v) is 15.4.